The molecule has 0 bridgehead atoms. The molecule has 0 unspecified atom stereocenters. The molecule has 0 aliphatic carbocycles. The monoisotopic (exact) mass is 348 g/mol. The molecule has 0 spiro atoms. The molecule has 142 valence electrons. The Kier molecular flexibility index (Phi) is 11.5. The van der Waals surface area contributed by atoms with E-state index in [1.165, 1.54) is 38.6 Å². The molecule has 0 aliphatic rings. The van der Waals surface area contributed by atoms with Crippen molar-refractivity contribution >= 4 is 5.96 Å². The Morgan fingerprint density at radius 1 is 0.960 bits per heavy atom. The highest BCUT2D eigenvalue weighted by Gasteiger charge is 2.05. The first-order valence-electron chi connectivity index (χ1n) is 9.38. The number of unbranched alkanes of at least 4 members (excludes halogenated alkanes) is 4. The first-order valence-corrected chi connectivity index (χ1v) is 9.38. The lowest BCUT2D eigenvalue weighted by molar-refractivity contribution is 0.281. The van der Waals surface area contributed by atoms with Crippen molar-refractivity contribution in [2.75, 3.05) is 54.4 Å². The maximum absolute atomic E-state index is 5.74. The fourth-order valence-corrected chi connectivity index (χ4v) is 2.59. The fraction of sp³-hybridized carbons (Fsp3) is 0.650. The Morgan fingerprint density at radius 2 is 1.64 bits per heavy atom. The van der Waals surface area contributed by atoms with Gasteiger partial charge in [-0.25, -0.2) is 0 Å². The largest absolute Gasteiger partial charge is 0.492 e. The van der Waals surface area contributed by atoms with E-state index in [-0.39, 0.29) is 0 Å². The van der Waals surface area contributed by atoms with Crippen molar-refractivity contribution in [2.45, 2.75) is 32.1 Å². The van der Waals surface area contributed by atoms with E-state index in [1.54, 1.807) is 0 Å². The molecule has 1 aromatic rings. The molecule has 1 N–H and O–H groups in total. The Bertz CT molecular complexity index is 462. The van der Waals surface area contributed by atoms with Gasteiger partial charge in [0.25, 0.3) is 0 Å². The van der Waals surface area contributed by atoms with Crippen LogP contribution in [-0.2, 0) is 0 Å². The predicted molar refractivity (Wildman–Crippen MR) is 108 cm³/mol. The number of hydrogen-bond donors (Lipinski definition) is 1. The van der Waals surface area contributed by atoms with E-state index in [0.717, 1.165) is 24.8 Å². The lowest BCUT2D eigenvalue weighted by Crippen LogP contribution is -2.41. The zero-order valence-electron chi connectivity index (χ0n) is 16.5. The number of likely N-dealkylation sites (N-methyl/N-ethyl adjacent to an activating group) is 1. The first-order chi connectivity index (χ1) is 12.1. The Labute approximate surface area is 154 Å². The molecule has 0 aromatic heterocycles. The SMILES string of the molecule is CN=C(NCCCCCCCN(C)C)N(C)CCOc1ccccc1. The molecule has 5 heteroatoms. The van der Waals surface area contributed by atoms with Crippen molar-refractivity contribution in [3.8, 4) is 5.75 Å². The summed E-state index contributed by atoms with van der Waals surface area (Å²) in [5.74, 6) is 1.84. The van der Waals surface area contributed by atoms with Crippen LogP contribution in [0.1, 0.15) is 32.1 Å². The highest BCUT2D eigenvalue weighted by molar-refractivity contribution is 5.79. The van der Waals surface area contributed by atoms with Gasteiger partial charge in [-0.3, -0.25) is 4.99 Å². The average molecular weight is 349 g/mol. The van der Waals surface area contributed by atoms with Crippen LogP contribution in [-0.4, -0.2) is 70.2 Å². The summed E-state index contributed by atoms with van der Waals surface area (Å²) in [6, 6.07) is 9.92. The fourth-order valence-electron chi connectivity index (χ4n) is 2.59. The highest BCUT2D eigenvalue weighted by Crippen LogP contribution is 2.07. The van der Waals surface area contributed by atoms with Crippen LogP contribution in [0.25, 0.3) is 0 Å². The van der Waals surface area contributed by atoms with Crippen LogP contribution in [0.2, 0.25) is 0 Å². The van der Waals surface area contributed by atoms with Crippen LogP contribution >= 0.6 is 0 Å². The third-order valence-corrected chi connectivity index (χ3v) is 4.08. The van der Waals surface area contributed by atoms with Crippen LogP contribution in [0, 0.1) is 0 Å². The number of benzene rings is 1. The molecule has 0 aliphatic heterocycles. The van der Waals surface area contributed by atoms with E-state index in [0.29, 0.717) is 6.61 Å². The van der Waals surface area contributed by atoms with Gasteiger partial charge in [0.1, 0.15) is 12.4 Å². The lowest BCUT2D eigenvalue weighted by atomic mass is 10.1. The Morgan fingerprint density at radius 3 is 2.32 bits per heavy atom. The molecule has 25 heavy (non-hydrogen) atoms. The summed E-state index contributed by atoms with van der Waals surface area (Å²) in [7, 11) is 8.15. The second kappa shape index (κ2) is 13.5. The molecule has 0 atom stereocenters. The van der Waals surface area contributed by atoms with Crippen LogP contribution in [0.15, 0.2) is 35.3 Å². The minimum Gasteiger partial charge on any atom is -0.492 e. The van der Waals surface area contributed by atoms with Gasteiger partial charge < -0.3 is 19.9 Å². The molecule has 0 saturated carbocycles. The second-order valence-electron chi connectivity index (χ2n) is 6.63. The molecule has 0 radical (unpaired) electrons. The molecular formula is C20H36N4O. The van der Waals surface area contributed by atoms with Gasteiger partial charge in [-0.05, 0) is 45.6 Å². The topological polar surface area (TPSA) is 40.1 Å². The normalized spacial score (nSPS) is 11.6. The standard InChI is InChI=1S/C20H36N4O/c1-21-20(22-15-11-6-5-7-12-16-23(2)3)24(4)17-18-25-19-13-9-8-10-14-19/h8-10,13-14H,5-7,11-12,15-18H2,1-4H3,(H,21,22). The number of para-hydroxylation sites is 1. The van der Waals surface area contributed by atoms with Crippen molar-refractivity contribution < 1.29 is 4.74 Å². The van der Waals surface area contributed by atoms with Crippen LogP contribution < -0.4 is 10.1 Å². The summed E-state index contributed by atoms with van der Waals surface area (Å²) in [5.41, 5.74) is 0. The zero-order valence-corrected chi connectivity index (χ0v) is 16.5. The molecule has 5 nitrogen and oxygen atoms in total. The van der Waals surface area contributed by atoms with Gasteiger partial charge in [0.15, 0.2) is 5.96 Å². The maximum Gasteiger partial charge on any atom is 0.193 e. The van der Waals surface area contributed by atoms with Crippen molar-refractivity contribution in [1.82, 2.24) is 15.1 Å². The Balaban J connectivity index is 2.08. The molecule has 0 fully saturated rings. The van der Waals surface area contributed by atoms with Gasteiger partial charge in [-0.2, -0.15) is 0 Å². The lowest BCUT2D eigenvalue weighted by Gasteiger charge is -2.22. The van der Waals surface area contributed by atoms with Gasteiger partial charge >= 0.3 is 0 Å². The Hall–Kier alpha value is -1.75. The third kappa shape index (κ3) is 10.7. The molecule has 0 heterocycles. The van der Waals surface area contributed by atoms with Crippen molar-refractivity contribution in [3.63, 3.8) is 0 Å². The van der Waals surface area contributed by atoms with E-state index in [2.05, 4.69) is 34.2 Å². The average Bonchev–Trinajstić information content (AvgIpc) is 2.61. The van der Waals surface area contributed by atoms with Gasteiger partial charge in [0.2, 0.25) is 0 Å². The summed E-state index contributed by atoms with van der Waals surface area (Å²) in [4.78, 5) is 8.71. The van der Waals surface area contributed by atoms with Crippen molar-refractivity contribution in [3.05, 3.63) is 30.3 Å². The molecule has 1 rings (SSSR count). The summed E-state index contributed by atoms with van der Waals surface area (Å²) in [6.07, 6.45) is 6.40. The van der Waals surface area contributed by atoms with E-state index in [1.807, 2.05) is 44.4 Å². The number of nitrogens with one attached hydrogen (secondary N) is 1. The predicted octanol–water partition coefficient (Wildman–Crippen LogP) is 3.08. The molecule has 0 amide bonds. The first kappa shape index (κ1) is 21.3. The minimum absolute atomic E-state index is 0.646. The number of nitrogens with zero attached hydrogens (tertiary/aromatic N) is 3. The van der Waals surface area contributed by atoms with Gasteiger partial charge in [0, 0.05) is 20.6 Å². The number of hydrogen-bond acceptors (Lipinski definition) is 3. The molecular weight excluding hydrogens is 312 g/mol. The quantitative estimate of drug-likeness (QED) is 0.358. The van der Waals surface area contributed by atoms with Gasteiger partial charge in [-0.15, -0.1) is 0 Å². The minimum atomic E-state index is 0.646. The highest BCUT2D eigenvalue weighted by atomic mass is 16.5. The van der Waals surface area contributed by atoms with E-state index in [4.69, 9.17) is 4.74 Å². The number of rotatable bonds is 12. The summed E-state index contributed by atoms with van der Waals surface area (Å²) in [5, 5.41) is 3.44. The summed E-state index contributed by atoms with van der Waals surface area (Å²) >= 11 is 0. The van der Waals surface area contributed by atoms with Crippen LogP contribution in [0.5, 0.6) is 5.75 Å². The number of ether oxygens (including phenoxy) is 1. The molecule has 1 aromatic carbocycles. The smallest absolute Gasteiger partial charge is 0.193 e. The van der Waals surface area contributed by atoms with Crippen molar-refractivity contribution in [2.24, 2.45) is 4.99 Å². The summed E-state index contributed by atoms with van der Waals surface area (Å²) in [6.45, 7) is 3.62. The zero-order chi connectivity index (χ0) is 18.3. The van der Waals surface area contributed by atoms with Gasteiger partial charge in [-0.1, -0.05) is 37.5 Å². The van der Waals surface area contributed by atoms with E-state index >= 15 is 0 Å². The second-order valence-corrected chi connectivity index (χ2v) is 6.63. The summed E-state index contributed by atoms with van der Waals surface area (Å²) < 4.78 is 5.74. The number of guanidine groups is 1. The van der Waals surface area contributed by atoms with Crippen molar-refractivity contribution in [1.29, 1.82) is 0 Å². The van der Waals surface area contributed by atoms with E-state index in [9.17, 15) is 0 Å². The number of aliphatic imine (C=N–C) groups is 1. The maximum atomic E-state index is 5.74. The van der Waals surface area contributed by atoms with Gasteiger partial charge in [0.05, 0.1) is 6.54 Å². The van der Waals surface area contributed by atoms with Crippen LogP contribution in [0.4, 0.5) is 0 Å². The van der Waals surface area contributed by atoms with Crippen LogP contribution in [0.3, 0.4) is 0 Å². The third-order valence-electron chi connectivity index (χ3n) is 4.08. The molecule has 0 saturated heterocycles. The van der Waals surface area contributed by atoms with E-state index < -0.39 is 0 Å².